The van der Waals surface area contributed by atoms with Gasteiger partial charge in [-0.1, -0.05) is 20.8 Å². The minimum Gasteiger partial charge on any atom is -0.341 e. The fourth-order valence-electron chi connectivity index (χ4n) is 5.19. The fourth-order valence-corrected chi connectivity index (χ4v) is 5.19. The first-order valence-electron chi connectivity index (χ1n) is 11.9. The van der Waals surface area contributed by atoms with Gasteiger partial charge in [0.15, 0.2) is 0 Å². The Morgan fingerprint density at radius 2 is 1.90 bits per heavy atom. The van der Waals surface area contributed by atoms with E-state index in [-0.39, 0.29) is 24.4 Å². The van der Waals surface area contributed by atoms with Crippen molar-refractivity contribution in [2.24, 2.45) is 17.8 Å². The molecule has 3 aliphatic heterocycles. The summed E-state index contributed by atoms with van der Waals surface area (Å²) >= 11 is 0. The molecule has 3 saturated heterocycles. The van der Waals surface area contributed by atoms with Gasteiger partial charge in [0.05, 0.1) is 12.6 Å². The van der Waals surface area contributed by atoms with Crippen LogP contribution in [-0.4, -0.2) is 84.9 Å². The maximum absolute atomic E-state index is 12.8. The van der Waals surface area contributed by atoms with Crippen LogP contribution in [0.5, 0.6) is 0 Å². The van der Waals surface area contributed by atoms with Crippen molar-refractivity contribution in [2.75, 3.05) is 52.4 Å². The van der Waals surface area contributed by atoms with Crippen LogP contribution in [0, 0.1) is 17.8 Å². The molecule has 2 amide bonds. The third kappa shape index (κ3) is 6.68. The molecular weight excluding hydrogens is 364 g/mol. The Morgan fingerprint density at radius 1 is 1.14 bits per heavy atom. The van der Waals surface area contributed by atoms with Gasteiger partial charge in [0.1, 0.15) is 0 Å². The molecule has 2 atom stereocenters. The average molecular weight is 407 g/mol. The van der Waals surface area contributed by atoms with Crippen molar-refractivity contribution in [1.29, 1.82) is 0 Å². The molecule has 3 fully saturated rings. The third-order valence-electron chi connectivity index (χ3n) is 6.98. The molecule has 0 aromatic rings. The third-order valence-corrected chi connectivity index (χ3v) is 6.98. The SMILES string of the molecule is CC(C)CC1NCCN(CC(=O)N2CCC(CCN3CCCC(C)C3)CC2)C1=O. The Balaban J connectivity index is 1.38. The largest absolute Gasteiger partial charge is 0.341 e. The second-order valence-electron chi connectivity index (χ2n) is 10.1. The van der Waals surface area contributed by atoms with Crippen LogP contribution in [0.2, 0.25) is 0 Å². The number of piperidine rings is 2. The highest BCUT2D eigenvalue weighted by Gasteiger charge is 2.32. The molecular formula is C23H42N4O2. The lowest BCUT2D eigenvalue weighted by Gasteiger charge is -2.37. The minimum atomic E-state index is -0.125. The number of carbonyl (C=O) groups is 2. The number of amides is 2. The van der Waals surface area contributed by atoms with Crippen LogP contribution in [0.3, 0.4) is 0 Å². The Morgan fingerprint density at radius 3 is 2.59 bits per heavy atom. The minimum absolute atomic E-state index is 0.101. The predicted molar refractivity (Wildman–Crippen MR) is 117 cm³/mol. The van der Waals surface area contributed by atoms with E-state index < -0.39 is 0 Å². The van der Waals surface area contributed by atoms with Crippen LogP contribution >= 0.6 is 0 Å². The van der Waals surface area contributed by atoms with E-state index in [0.717, 1.165) is 50.7 Å². The highest BCUT2D eigenvalue weighted by molar-refractivity contribution is 5.88. The molecule has 3 rings (SSSR count). The van der Waals surface area contributed by atoms with Gasteiger partial charge in [-0.25, -0.2) is 0 Å². The van der Waals surface area contributed by atoms with Gasteiger partial charge < -0.3 is 20.0 Å². The van der Waals surface area contributed by atoms with Crippen LogP contribution in [0.25, 0.3) is 0 Å². The molecule has 0 spiro atoms. The van der Waals surface area contributed by atoms with E-state index in [2.05, 4.69) is 31.0 Å². The number of carbonyl (C=O) groups excluding carboxylic acids is 2. The van der Waals surface area contributed by atoms with Crippen molar-refractivity contribution in [3.05, 3.63) is 0 Å². The predicted octanol–water partition coefficient (Wildman–Crippen LogP) is 2.19. The lowest BCUT2D eigenvalue weighted by Crippen LogP contribution is -2.57. The standard InChI is InChI=1S/C23H42N4O2/c1-18(2)15-21-23(29)27(14-9-24-21)17-22(28)26-12-7-20(8-13-26)6-11-25-10-4-5-19(3)16-25/h18-21,24H,4-17H2,1-3H3. The average Bonchev–Trinajstić information content (AvgIpc) is 2.69. The van der Waals surface area contributed by atoms with E-state index in [1.807, 2.05) is 4.90 Å². The number of rotatable bonds is 7. The summed E-state index contributed by atoms with van der Waals surface area (Å²) < 4.78 is 0. The summed E-state index contributed by atoms with van der Waals surface area (Å²) in [4.78, 5) is 31.9. The first kappa shape index (κ1) is 22.5. The monoisotopic (exact) mass is 406 g/mol. The Labute approximate surface area is 177 Å². The summed E-state index contributed by atoms with van der Waals surface area (Å²) in [5.74, 6) is 2.29. The number of hydrogen-bond acceptors (Lipinski definition) is 4. The van der Waals surface area contributed by atoms with Crippen molar-refractivity contribution < 1.29 is 9.59 Å². The van der Waals surface area contributed by atoms with Gasteiger partial charge in [-0.15, -0.1) is 0 Å². The molecule has 3 aliphatic rings. The molecule has 3 heterocycles. The maximum Gasteiger partial charge on any atom is 0.242 e. The first-order chi connectivity index (χ1) is 13.9. The smallest absolute Gasteiger partial charge is 0.242 e. The van der Waals surface area contributed by atoms with Crippen LogP contribution in [0.15, 0.2) is 0 Å². The molecule has 166 valence electrons. The second kappa shape index (κ2) is 10.8. The number of piperazine rings is 1. The van der Waals surface area contributed by atoms with Gasteiger partial charge in [0.2, 0.25) is 11.8 Å². The quantitative estimate of drug-likeness (QED) is 0.704. The summed E-state index contributed by atoms with van der Waals surface area (Å²) in [5, 5.41) is 3.31. The summed E-state index contributed by atoms with van der Waals surface area (Å²) in [5.41, 5.74) is 0. The molecule has 1 N–H and O–H groups in total. The van der Waals surface area contributed by atoms with E-state index in [9.17, 15) is 9.59 Å². The van der Waals surface area contributed by atoms with E-state index >= 15 is 0 Å². The highest BCUT2D eigenvalue weighted by Crippen LogP contribution is 2.23. The van der Waals surface area contributed by atoms with Gasteiger partial charge in [-0.05, 0) is 69.4 Å². The summed E-state index contributed by atoms with van der Waals surface area (Å²) in [6.45, 7) is 13.8. The number of hydrogen-bond donors (Lipinski definition) is 1. The number of nitrogens with zero attached hydrogens (tertiary/aromatic N) is 3. The van der Waals surface area contributed by atoms with Gasteiger partial charge in [0, 0.05) is 32.7 Å². The van der Waals surface area contributed by atoms with Crippen molar-refractivity contribution in [3.8, 4) is 0 Å². The molecule has 0 radical (unpaired) electrons. The summed E-state index contributed by atoms with van der Waals surface area (Å²) in [7, 11) is 0. The van der Waals surface area contributed by atoms with E-state index in [1.165, 1.54) is 38.9 Å². The zero-order chi connectivity index (χ0) is 20.8. The van der Waals surface area contributed by atoms with Gasteiger partial charge in [-0.2, -0.15) is 0 Å². The van der Waals surface area contributed by atoms with Crippen molar-refractivity contribution in [1.82, 2.24) is 20.0 Å². The fraction of sp³-hybridized carbons (Fsp3) is 0.913. The molecule has 0 saturated carbocycles. The summed E-state index contributed by atoms with van der Waals surface area (Å²) in [6, 6.07) is -0.125. The zero-order valence-corrected chi connectivity index (χ0v) is 18.9. The van der Waals surface area contributed by atoms with Crippen LogP contribution in [-0.2, 0) is 9.59 Å². The van der Waals surface area contributed by atoms with Crippen molar-refractivity contribution in [2.45, 2.75) is 65.3 Å². The molecule has 0 aromatic carbocycles. The first-order valence-corrected chi connectivity index (χ1v) is 11.9. The highest BCUT2D eigenvalue weighted by atomic mass is 16.2. The number of nitrogens with one attached hydrogen (secondary N) is 1. The summed E-state index contributed by atoms with van der Waals surface area (Å²) in [6.07, 6.45) is 7.05. The molecule has 29 heavy (non-hydrogen) atoms. The zero-order valence-electron chi connectivity index (χ0n) is 18.9. The maximum atomic E-state index is 12.8. The normalized spacial score (nSPS) is 27.7. The van der Waals surface area contributed by atoms with Crippen LogP contribution in [0.1, 0.15) is 59.3 Å². The Hall–Kier alpha value is -1.14. The van der Waals surface area contributed by atoms with Gasteiger partial charge in [0.25, 0.3) is 0 Å². The van der Waals surface area contributed by atoms with E-state index in [4.69, 9.17) is 0 Å². The van der Waals surface area contributed by atoms with Crippen molar-refractivity contribution in [3.63, 3.8) is 0 Å². The molecule has 0 aromatic heterocycles. The molecule has 0 aliphatic carbocycles. The number of likely N-dealkylation sites (tertiary alicyclic amines) is 2. The Kier molecular flexibility index (Phi) is 8.36. The molecule has 6 nitrogen and oxygen atoms in total. The second-order valence-corrected chi connectivity index (χ2v) is 10.1. The lowest BCUT2D eigenvalue weighted by atomic mass is 9.92. The van der Waals surface area contributed by atoms with E-state index in [0.29, 0.717) is 12.5 Å². The molecule has 6 heteroatoms. The lowest BCUT2D eigenvalue weighted by molar-refractivity contribution is -0.144. The van der Waals surface area contributed by atoms with E-state index in [1.54, 1.807) is 4.90 Å². The Bertz CT molecular complexity index is 545. The van der Waals surface area contributed by atoms with Gasteiger partial charge >= 0.3 is 0 Å². The van der Waals surface area contributed by atoms with Crippen LogP contribution < -0.4 is 5.32 Å². The topological polar surface area (TPSA) is 55.9 Å². The van der Waals surface area contributed by atoms with Crippen molar-refractivity contribution >= 4 is 11.8 Å². The van der Waals surface area contributed by atoms with Gasteiger partial charge in [-0.3, -0.25) is 9.59 Å². The molecule has 2 unspecified atom stereocenters. The van der Waals surface area contributed by atoms with Crippen LogP contribution in [0.4, 0.5) is 0 Å². The molecule has 0 bridgehead atoms.